The Balaban J connectivity index is 1.44. The molecule has 1 fully saturated rings. The molecule has 4 aromatic rings. The fourth-order valence-electron chi connectivity index (χ4n) is 3.91. The first-order valence-electron chi connectivity index (χ1n) is 11.5. The maximum absolute atomic E-state index is 12.4. The number of aliphatic hydroxyl groups excluding tert-OH is 1. The van der Waals surface area contributed by atoms with Crippen molar-refractivity contribution in [3.63, 3.8) is 0 Å². The molecule has 0 spiro atoms. The van der Waals surface area contributed by atoms with Crippen LogP contribution in [-0.2, 0) is 14.8 Å². The van der Waals surface area contributed by atoms with Crippen molar-refractivity contribution in [3.8, 4) is 11.4 Å². The molecule has 0 saturated heterocycles. The molecule has 1 aliphatic carbocycles. The van der Waals surface area contributed by atoms with Crippen molar-refractivity contribution in [3.05, 3.63) is 43.1 Å². The highest BCUT2D eigenvalue weighted by molar-refractivity contribution is 7.90. The third-order valence-electron chi connectivity index (χ3n) is 6.06. The maximum Gasteiger partial charge on any atom is 0.256 e. The number of hydrogen-bond donors (Lipinski definition) is 2. The highest BCUT2D eigenvalue weighted by Gasteiger charge is 2.37. The van der Waals surface area contributed by atoms with Gasteiger partial charge in [0.15, 0.2) is 5.82 Å². The summed E-state index contributed by atoms with van der Waals surface area (Å²) >= 11 is 0. The van der Waals surface area contributed by atoms with Crippen LogP contribution in [0.5, 0.6) is 0 Å². The number of anilines is 3. The Morgan fingerprint density at radius 1 is 1.22 bits per heavy atom. The van der Waals surface area contributed by atoms with Crippen LogP contribution in [0.15, 0.2) is 43.1 Å². The second-order valence-electron chi connectivity index (χ2n) is 8.95. The van der Waals surface area contributed by atoms with E-state index < -0.39 is 22.5 Å². The van der Waals surface area contributed by atoms with Crippen LogP contribution < -0.4 is 10.2 Å². The topological polar surface area (TPSA) is 148 Å². The zero-order chi connectivity index (χ0) is 25.6. The quantitative estimate of drug-likeness (QED) is 0.364. The van der Waals surface area contributed by atoms with Crippen LogP contribution in [0, 0.1) is 0 Å². The molecule has 0 radical (unpaired) electrons. The number of carbonyl (C=O) groups is 1. The molecule has 2 N–H and O–H groups in total. The van der Waals surface area contributed by atoms with Crippen molar-refractivity contribution in [2.75, 3.05) is 23.9 Å². The lowest BCUT2D eigenvalue weighted by molar-refractivity contribution is -0.120. The van der Waals surface area contributed by atoms with Crippen molar-refractivity contribution in [2.24, 2.45) is 0 Å². The van der Waals surface area contributed by atoms with E-state index in [1.54, 1.807) is 25.5 Å². The van der Waals surface area contributed by atoms with Gasteiger partial charge in [-0.1, -0.05) is 0 Å². The normalized spacial score (nSPS) is 13.9. The molecule has 12 nitrogen and oxygen atoms in total. The number of aliphatic hydroxyl groups is 1. The molecule has 0 bridgehead atoms. The summed E-state index contributed by atoms with van der Waals surface area (Å²) in [5.41, 5.74) is 2.00. The maximum atomic E-state index is 12.4. The van der Waals surface area contributed by atoms with Gasteiger partial charge in [0.05, 0.1) is 34.4 Å². The van der Waals surface area contributed by atoms with E-state index >= 15 is 0 Å². The lowest BCUT2D eigenvalue weighted by atomic mass is 10.2. The van der Waals surface area contributed by atoms with Crippen molar-refractivity contribution in [1.82, 2.24) is 28.7 Å². The van der Waals surface area contributed by atoms with E-state index in [9.17, 15) is 18.3 Å². The Labute approximate surface area is 207 Å². The van der Waals surface area contributed by atoms with Gasteiger partial charge in [0, 0.05) is 43.1 Å². The lowest BCUT2D eigenvalue weighted by Crippen LogP contribution is -2.28. The summed E-state index contributed by atoms with van der Waals surface area (Å²) in [7, 11) is -1.86. The zero-order valence-corrected chi connectivity index (χ0v) is 20.8. The average Bonchev–Trinajstić information content (AvgIpc) is 3.49. The first-order valence-corrected chi connectivity index (χ1v) is 13.0. The summed E-state index contributed by atoms with van der Waals surface area (Å²) in [5, 5.41) is 16.8. The molecule has 1 saturated carbocycles. The molecule has 36 heavy (non-hydrogen) atoms. The predicted molar refractivity (Wildman–Crippen MR) is 134 cm³/mol. The van der Waals surface area contributed by atoms with Gasteiger partial charge >= 0.3 is 0 Å². The highest BCUT2D eigenvalue weighted by Crippen LogP contribution is 2.33. The standard InChI is InChI=1S/C23H26N8O4S/c1-14(2)30-12-19(29(3)22(33)13-32)17-10-25-21(8-18(17)30)27-20-6-7-24-23(28-20)15-9-26-31(11-15)36(34,35)16-4-5-16/h6-12,14,16,32H,4-5,13H2,1-3H3,(H,24,25,27,28). The summed E-state index contributed by atoms with van der Waals surface area (Å²) in [6.45, 7) is 3.48. The summed E-state index contributed by atoms with van der Waals surface area (Å²) in [6, 6.07) is 3.66. The largest absolute Gasteiger partial charge is 0.387 e. The van der Waals surface area contributed by atoms with Crippen LogP contribution in [0.2, 0.25) is 0 Å². The van der Waals surface area contributed by atoms with E-state index in [1.165, 1.54) is 17.3 Å². The van der Waals surface area contributed by atoms with E-state index in [-0.39, 0.29) is 11.3 Å². The molecular weight excluding hydrogens is 484 g/mol. The van der Waals surface area contributed by atoms with Gasteiger partial charge < -0.3 is 19.9 Å². The van der Waals surface area contributed by atoms with E-state index in [0.717, 1.165) is 15.0 Å². The zero-order valence-electron chi connectivity index (χ0n) is 20.0. The van der Waals surface area contributed by atoms with Gasteiger partial charge in [0.2, 0.25) is 0 Å². The molecule has 5 rings (SSSR count). The Bertz CT molecular complexity index is 1560. The predicted octanol–water partition coefficient (Wildman–Crippen LogP) is 2.31. The smallest absolute Gasteiger partial charge is 0.256 e. The summed E-state index contributed by atoms with van der Waals surface area (Å²) in [5.74, 6) is 0.916. The number of nitrogens with zero attached hydrogens (tertiary/aromatic N) is 7. The molecule has 4 heterocycles. The number of fused-ring (bicyclic) bond motifs is 1. The number of rotatable bonds is 8. The van der Waals surface area contributed by atoms with Crippen LogP contribution >= 0.6 is 0 Å². The molecule has 4 aromatic heterocycles. The number of amides is 1. The first kappa shape index (κ1) is 23.9. The van der Waals surface area contributed by atoms with Crippen LogP contribution in [0.25, 0.3) is 22.3 Å². The van der Waals surface area contributed by atoms with Gasteiger partial charge in [-0.05, 0) is 32.8 Å². The number of nitrogens with one attached hydrogen (secondary N) is 1. The second-order valence-corrected chi connectivity index (χ2v) is 11.0. The van der Waals surface area contributed by atoms with Gasteiger partial charge in [0.25, 0.3) is 15.9 Å². The molecule has 1 aliphatic rings. The van der Waals surface area contributed by atoms with Crippen molar-refractivity contribution in [1.29, 1.82) is 0 Å². The Morgan fingerprint density at radius 2 is 2.00 bits per heavy atom. The molecular formula is C23H26N8O4S. The molecule has 0 atom stereocenters. The van der Waals surface area contributed by atoms with Gasteiger partial charge in [-0.2, -0.15) is 9.19 Å². The summed E-state index contributed by atoms with van der Waals surface area (Å²) in [4.78, 5) is 26.7. The molecule has 0 unspecified atom stereocenters. The number of likely N-dealkylation sites (N-methyl/N-ethyl adjacent to an activating group) is 1. The second kappa shape index (κ2) is 8.99. The van der Waals surface area contributed by atoms with Crippen LogP contribution in [0.4, 0.5) is 17.3 Å². The van der Waals surface area contributed by atoms with E-state index in [2.05, 4.69) is 25.4 Å². The number of aromatic nitrogens is 6. The van der Waals surface area contributed by atoms with Crippen molar-refractivity contribution >= 4 is 44.2 Å². The SMILES string of the molecule is CC(C)n1cc(N(C)C(=O)CO)c2cnc(Nc3ccnc(-c4cnn(S(=O)(=O)C5CC5)c4)n3)cc21. The number of hydrogen-bond acceptors (Lipinski definition) is 9. The number of carbonyl (C=O) groups excluding carboxylic acids is 1. The third-order valence-corrected chi connectivity index (χ3v) is 8.10. The van der Waals surface area contributed by atoms with Crippen LogP contribution in [0.3, 0.4) is 0 Å². The van der Waals surface area contributed by atoms with E-state index in [1.807, 2.05) is 30.7 Å². The van der Waals surface area contributed by atoms with Gasteiger partial charge in [-0.25, -0.2) is 23.4 Å². The summed E-state index contributed by atoms with van der Waals surface area (Å²) < 4.78 is 27.9. The third kappa shape index (κ3) is 4.31. The van der Waals surface area contributed by atoms with Crippen molar-refractivity contribution in [2.45, 2.75) is 38.0 Å². The van der Waals surface area contributed by atoms with Crippen molar-refractivity contribution < 1.29 is 18.3 Å². The fraction of sp³-hybridized carbons (Fsp3) is 0.348. The monoisotopic (exact) mass is 510 g/mol. The van der Waals surface area contributed by atoms with Crippen LogP contribution in [-0.4, -0.2) is 67.0 Å². The first-order chi connectivity index (χ1) is 17.2. The van der Waals surface area contributed by atoms with Gasteiger partial charge in [-0.15, -0.1) is 0 Å². The minimum Gasteiger partial charge on any atom is -0.387 e. The molecule has 188 valence electrons. The van der Waals surface area contributed by atoms with Gasteiger partial charge in [0.1, 0.15) is 18.2 Å². The number of pyridine rings is 1. The minimum atomic E-state index is -3.47. The Morgan fingerprint density at radius 3 is 2.69 bits per heavy atom. The molecule has 13 heteroatoms. The fourth-order valence-corrected chi connectivity index (χ4v) is 5.38. The summed E-state index contributed by atoms with van der Waals surface area (Å²) in [6.07, 6.45) is 9.27. The Hall–Kier alpha value is -3.84. The molecule has 1 amide bonds. The molecule has 0 aromatic carbocycles. The average molecular weight is 511 g/mol. The Kier molecular flexibility index (Phi) is 5.96. The molecule has 0 aliphatic heterocycles. The van der Waals surface area contributed by atoms with E-state index in [4.69, 9.17) is 0 Å². The highest BCUT2D eigenvalue weighted by atomic mass is 32.2. The van der Waals surface area contributed by atoms with Gasteiger partial charge in [-0.3, -0.25) is 4.79 Å². The lowest BCUT2D eigenvalue weighted by Gasteiger charge is -2.14. The minimum absolute atomic E-state index is 0.114. The van der Waals surface area contributed by atoms with Crippen LogP contribution in [0.1, 0.15) is 32.7 Å². The van der Waals surface area contributed by atoms with E-state index in [0.29, 0.717) is 41.6 Å².